The Bertz CT molecular complexity index is 744. The number of aromatic nitrogens is 2. The molecule has 1 amide bonds. The second-order valence-electron chi connectivity index (χ2n) is 6.75. The average molecular weight is 341 g/mol. The second kappa shape index (κ2) is 6.78. The normalized spacial score (nSPS) is 22.8. The standard InChI is InChI=1S/C19H23N3O3/c1-24-17-6-2-4-14-10-15(12-25-18(14)17)19(23)21-8-3-5-16(11-21)22-9-7-20-13-22/h2,4,6-7,9,13,15-16H,3,5,8,10-12H2,1H3/t15-,16-/m0/s1. The van der Waals surface area contributed by atoms with E-state index in [-0.39, 0.29) is 11.8 Å². The Kier molecular flexibility index (Phi) is 4.34. The lowest BCUT2D eigenvalue weighted by Gasteiger charge is -2.36. The van der Waals surface area contributed by atoms with Crippen molar-refractivity contribution in [3.8, 4) is 11.5 Å². The van der Waals surface area contributed by atoms with Crippen molar-refractivity contribution in [2.45, 2.75) is 25.3 Å². The molecule has 0 unspecified atom stereocenters. The Morgan fingerprint density at radius 3 is 3.12 bits per heavy atom. The molecule has 2 aromatic rings. The molecule has 0 bridgehead atoms. The third-order valence-corrected chi connectivity index (χ3v) is 5.18. The number of fused-ring (bicyclic) bond motifs is 1. The molecule has 0 radical (unpaired) electrons. The lowest BCUT2D eigenvalue weighted by Crippen LogP contribution is -2.46. The first-order chi connectivity index (χ1) is 12.3. The van der Waals surface area contributed by atoms with Gasteiger partial charge < -0.3 is 18.9 Å². The number of carbonyl (C=O) groups excluding carboxylic acids is 1. The molecule has 6 nitrogen and oxygen atoms in total. The number of rotatable bonds is 3. The van der Waals surface area contributed by atoms with E-state index in [1.54, 1.807) is 13.3 Å². The predicted octanol–water partition coefficient (Wildman–Crippen LogP) is 2.31. The van der Waals surface area contributed by atoms with Crippen molar-refractivity contribution >= 4 is 5.91 Å². The Labute approximate surface area is 147 Å². The molecule has 2 aliphatic heterocycles. The number of benzene rings is 1. The van der Waals surface area contributed by atoms with Gasteiger partial charge in [0.1, 0.15) is 6.61 Å². The Morgan fingerprint density at radius 1 is 1.40 bits per heavy atom. The van der Waals surface area contributed by atoms with Gasteiger partial charge in [0.15, 0.2) is 11.5 Å². The van der Waals surface area contributed by atoms with Gasteiger partial charge in [0.05, 0.1) is 25.4 Å². The molecule has 2 aliphatic rings. The van der Waals surface area contributed by atoms with Crippen LogP contribution >= 0.6 is 0 Å². The first-order valence-corrected chi connectivity index (χ1v) is 8.81. The van der Waals surface area contributed by atoms with Gasteiger partial charge in [-0.15, -0.1) is 0 Å². The summed E-state index contributed by atoms with van der Waals surface area (Å²) in [7, 11) is 1.64. The number of hydrogen-bond donors (Lipinski definition) is 0. The summed E-state index contributed by atoms with van der Waals surface area (Å²) in [5.41, 5.74) is 1.05. The molecule has 6 heteroatoms. The molecular formula is C19H23N3O3. The zero-order chi connectivity index (χ0) is 17.2. The van der Waals surface area contributed by atoms with Crippen molar-refractivity contribution < 1.29 is 14.3 Å². The molecule has 1 aromatic carbocycles. The Morgan fingerprint density at radius 2 is 2.32 bits per heavy atom. The summed E-state index contributed by atoms with van der Waals surface area (Å²) in [6.07, 6.45) is 8.42. The van der Waals surface area contributed by atoms with E-state index in [0.717, 1.165) is 43.0 Å². The molecule has 4 rings (SSSR count). The minimum atomic E-state index is -0.124. The number of piperidine rings is 1. The number of likely N-dealkylation sites (tertiary alicyclic amines) is 1. The van der Waals surface area contributed by atoms with Gasteiger partial charge in [0, 0.05) is 25.5 Å². The number of nitrogens with zero attached hydrogens (tertiary/aromatic N) is 3. The SMILES string of the molecule is COc1cccc2c1OC[C@@H](C(=O)N1CCC[C@H](n3ccnc3)C1)C2. The fraction of sp³-hybridized carbons (Fsp3) is 0.474. The van der Waals surface area contributed by atoms with Crippen LogP contribution in [0.5, 0.6) is 11.5 Å². The molecule has 2 atom stereocenters. The third-order valence-electron chi connectivity index (χ3n) is 5.18. The van der Waals surface area contributed by atoms with Gasteiger partial charge in [0.25, 0.3) is 0 Å². The molecule has 0 N–H and O–H groups in total. The van der Waals surface area contributed by atoms with Crippen molar-refractivity contribution in [3.05, 3.63) is 42.5 Å². The summed E-state index contributed by atoms with van der Waals surface area (Å²) in [6, 6.07) is 6.17. The highest BCUT2D eigenvalue weighted by molar-refractivity contribution is 5.80. The highest BCUT2D eigenvalue weighted by atomic mass is 16.5. The number of carbonyl (C=O) groups is 1. The van der Waals surface area contributed by atoms with Crippen LogP contribution in [0.1, 0.15) is 24.4 Å². The monoisotopic (exact) mass is 341 g/mol. The number of para-hydroxylation sites is 1. The fourth-order valence-corrected chi connectivity index (χ4v) is 3.86. The van der Waals surface area contributed by atoms with E-state index in [1.165, 1.54) is 0 Å². The van der Waals surface area contributed by atoms with Crippen LogP contribution in [0.2, 0.25) is 0 Å². The van der Waals surface area contributed by atoms with Crippen LogP contribution in [-0.2, 0) is 11.2 Å². The maximum atomic E-state index is 13.0. The number of hydrogen-bond acceptors (Lipinski definition) is 4. The van der Waals surface area contributed by atoms with Crippen LogP contribution in [0, 0.1) is 5.92 Å². The number of imidazole rings is 1. The van der Waals surface area contributed by atoms with E-state index < -0.39 is 0 Å². The molecule has 1 saturated heterocycles. The fourth-order valence-electron chi connectivity index (χ4n) is 3.86. The first-order valence-electron chi connectivity index (χ1n) is 8.81. The van der Waals surface area contributed by atoms with Crippen LogP contribution < -0.4 is 9.47 Å². The summed E-state index contributed by atoms with van der Waals surface area (Å²) in [4.78, 5) is 19.1. The zero-order valence-electron chi connectivity index (χ0n) is 14.4. The molecule has 0 saturated carbocycles. The van der Waals surface area contributed by atoms with Gasteiger partial charge in [-0.25, -0.2) is 4.98 Å². The van der Waals surface area contributed by atoms with E-state index in [1.807, 2.05) is 35.6 Å². The van der Waals surface area contributed by atoms with Gasteiger partial charge >= 0.3 is 0 Å². The van der Waals surface area contributed by atoms with Gasteiger partial charge in [0.2, 0.25) is 5.91 Å². The summed E-state index contributed by atoms with van der Waals surface area (Å²) < 4.78 is 13.3. The number of methoxy groups -OCH3 is 1. The van der Waals surface area contributed by atoms with Crippen molar-refractivity contribution in [2.24, 2.45) is 5.92 Å². The zero-order valence-corrected chi connectivity index (χ0v) is 14.4. The van der Waals surface area contributed by atoms with E-state index in [2.05, 4.69) is 9.55 Å². The van der Waals surface area contributed by atoms with Crippen LogP contribution in [0.25, 0.3) is 0 Å². The van der Waals surface area contributed by atoms with E-state index in [4.69, 9.17) is 9.47 Å². The minimum Gasteiger partial charge on any atom is -0.493 e. The first kappa shape index (κ1) is 16.0. The Balaban J connectivity index is 1.46. The predicted molar refractivity (Wildman–Crippen MR) is 92.8 cm³/mol. The molecule has 1 fully saturated rings. The van der Waals surface area contributed by atoms with E-state index >= 15 is 0 Å². The van der Waals surface area contributed by atoms with Crippen LogP contribution in [0.3, 0.4) is 0 Å². The summed E-state index contributed by atoms with van der Waals surface area (Å²) >= 11 is 0. The number of ether oxygens (including phenoxy) is 2. The highest BCUT2D eigenvalue weighted by Crippen LogP contribution is 2.36. The molecule has 3 heterocycles. The molecule has 25 heavy (non-hydrogen) atoms. The molecular weight excluding hydrogens is 318 g/mol. The Hall–Kier alpha value is -2.50. The van der Waals surface area contributed by atoms with E-state index in [9.17, 15) is 4.79 Å². The number of amides is 1. The van der Waals surface area contributed by atoms with Gasteiger partial charge in [-0.05, 0) is 30.9 Å². The largest absolute Gasteiger partial charge is 0.493 e. The molecule has 132 valence electrons. The second-order valence-corrected chi connectivity index (χ2v) is 6.75. The van der Waals surface area contributed by atoms with Crippen molar-refractivity contribution in [1.29, 1.82) is 0 Å². The van der Waals surface area contributed by atoms with Gasteiger partial charge in [-0.2, -0.15) is 0 Å². The van der Waals surface area contributed by atoms with Crippen molar-refractivity contribution in [2.75, 3.05) is 26.8 Å². The topological polar surface area (TPSA) is 56.6 Å². The minimum absolute atomic E-state index is 0.124. The highest BCUT2D eigenvalue weighted by Gasteiger charge is 2.33. The van der Waals surface area contributed by atoms with Crippen LogP contribution in [0.4, 0.5) is 0 Å². The van der Waals surface area contributed by atoms with Crippen LogP contribution in [-0.4, -0.2) is 47.2 Å². The van der Waals surface area contributed by atoms with Crippen molar-refractivity contribution in [3.63, 3.8) is 0 Å². The van der Waals surface area contributed by atoms with E-state index in [0.29, 0.717) is 19.1 Å². The molecule has 0 spiro atoms. The third kappa shape index (κ3) is 3.08. The summed E-state index contributed by atoms with van der Waals surface area (Å²) in [6.45, 7) is 1.99. The smallest absolute Gasteiger partial charge is 0.229 e. The van der Waals surface area contributed by atoms with Gasteiger partial charge in [-0.3, -0.25) is 4.79 Å². The lowest BCUT2D eigenvalue weighted by molar-refractivity contribution is -0.138. The average Bonchev–Trinajstić information content (AvgIpc) is 3.21. The quantitative estimate of drug-likeness (QED) is 0.860. The maximum absolute atomic E-state index is 13.0. The maximum Gasteiger partial charge on any atom is 0.229 e. The van der Waals surface area contributed by atoms with Gasteiger partial charge in [-0.1, -0.05) is 12.1 Å². The lowest BCUT2D eigenvalue weighted by atomic mass is 9.94. The summed E-state index contributed by atoms with van der Waals surface area (Å²) in [5, 5.41) is 0. The summed E-state index contributed by atoms with van der Waals surface area (Å²) in [5.74, 6) is 1.59. The van der Waals surface area contributed by atoms with Crippen molar-refractivity contribution in [1.82, 2.24) is 14.5 Å². The van der Waals surface area contributed by atoms with Crippen LogP contribution in [0.15, 0.2) is 36.9 Å². The molecule has 0 aliphatic carbocycles. The molecule has 1 aromatic heterocycles.